The zero-order valence-corrected chi connectivity index (χ0v) is 16.8. The monoisotopic (exact) mass is 445 g/mol. The predicted molar refractivity (Wildman–Crippen MR) is 110 cm³/mol. The number of alkyl halides is 1. The minimum Gasteiger partial charge on any atom is -0.395 e. The maximum atomic E-state index is 12.8. The van der Waals surface area contributed by atoms with Gasteiger partial charge in [-0.3, -0.25) is 4.79 Å². The molecule has 3 aromatic heterocycles. The molecule has 4 aromatic rings. The summed E-state index contributed by atoms with van der Waals surface area (Å²) in [6.45, 7) is -0.380. The van der Waals surface area contributed by atoms with Crippen molar-refractivity contribution in [1.82, 2.24) is 30.4 Å². The van der Waals surface area contributed by atoms with Gasteiger partial charge < -0.3 is 25.2 Å². The number of hydrogen-bond acceptors (Lipinski definition) is 8. The van der Waals surface area contributed by atoms with Crippen LogP contribution in [-0.4, -0.2) is 49.3 Å². The smallest absolute Gasteiger partial charge is 0.271 e. The van der Waals surface area contributed by atoms with E-state index in [0.717, 1.165) is 0 Å². The highest BCUT2D eigenvalue weighted by Gasteiger charge is 2.17. The zero-order valence-electron chi connectivity index (χ0n) is 16.0. The van der Waals surface area contributed by atoms with Gasteiger partial charge in [0.05, 0.1) is 24.2 Å². The van der Waals surface area contributed by atoms with Gasteiger partial charge in [0.2, 0.25) is 5.76 Å². The molecule has 3 heterocycles. The largest absolute Gasteiger partial charge is 0.395 e. The summed E-state index contributed by atoms with van der Waals surface area (Å²) >= 11 is 6.17. The Morgan fingerprint density at radius 1 is 1.29 bits per heavy atom. The number of halogens is 2. The first-order chi connectivity index (χ1) is 15.1. The SMILES string of the molecule is O=C(NCc1cc(-c2nc3ccc(CF)cc3[nH]2)on1)c1ncnc(NCCO)c1Cl. The van der Waals surface area contributed by atoms with E-state index >= 15 is 0 Å². The fourth-order valence-corrected chi connectivity index (χ4v) is 3.09. The summed E-state index contributed by atoms with van der Waals surface area (Å²) in [5.74, 6) is 0.541. The number of nitrogens with zero attached hydrogens (tertiary/aromatic N) is 4. The number of imidazole rings is 1. The number of amides is 1. The minimum absolute atomic E-state index is 0.0122. The molecule has 0 spiro atoms. The first-order valence-electron chi connectivity index (χ1n) is 9.23. The first kappa shape index (κ1) is 20.7. The molecule has 0 aliphatic rings. The topological polar surface area (TPSA) is 142 Å². The number of benzene rings is 1. The molecule has 0 saturated carbocycles. The van der Waals surface area contributed by atoms with Crippen LogP contribution in [0, 0.1) is 0 Å². The number of hydrogen-bond donors (Lipinski definition) is 4. The van der Waals surface area contributed by atoms with Crippen LogP contribution in [0.25, 0.3) is 22.6 Å². The van der Waals surface area contributed by atoms with Crippen molar-refractivity contribution in [1.29, 1.82) is 0 Å². The number of fused-ring (bicyclic) bond motifs is 1. The molecule has 4 rings (SSSR count). The number of aliphatic hydroxyl groups excluding tert-OH is 1. The number of aromatic nitrogens is 5. The van der Waals surface area contributed by atoms with Gasteiger partial charge in [-0.25, -0.2) is 19.3 Å². The summed E-state index contributed by atoms with van der Waals surface area (Å²) in [6, 6.07) is 6.69. The summed E-state index contributed by atoms with van der Waals surface area (Å²) < 4.78 is 18.1. The van der Waals surface area contributed by atoms with Crippen LogP contribution < -0.4 is 10.6 Å². The van der Waals surface area contributed by atoms with Gasteiger partial charge >= 0.3 is 0 Å². The Morgan fingerprint density at radius 2 is 2.16 bits per heavy atom. The number of anilines is 1. The van der Waals surface area contributed by atoms with Gasteiger partial charge in [-0.05, 0) is 17.7 Å². The Bertz CT molecular complexity index is 1230. The second-order valence-electron chi connectivity index (χ2n) is 6.47. The Balaban J connectivity index is 1.44. The Morgan fingerprint density at radius 3 is 2.97 bits per heavy atom. The minimum atomic E-state index is -0.564. The molecule has 0 radical (unpaired) electrons. The summed E-state index contributed by atoms with van der Waals surface area (Å²) in [5, 5.41) is 18.3. The quantitative estimate of drug-likeness (QED) is 0.324. The third-order valence-corrected chi connectivity index (χ3v) is 4.69. The van der Waals surface area contributed by atoms with Crippen molar-refractivity contribution in [2.24, 2.45) is 0 Å². The molecule has 0 bridgehead atoms. The predicted octanol–water partition coefficient (Wildman–Crippen LogP) is 2.47. The number of carbonyl (C=O) groups excluding carboxylic acids is 1. The third kappa shape index (κ3) is 4.47. The fourth-order valence-electron chi connectivity index (χ4n) is 2.84. The van der Waals surface area contributed by atoms with Gasteiger partial charge in [0.1, 0.15) is 29.5 Å². The summed E-state index contributed by atoms with van der Waals surface area (Å²) in [6.07, 6.45) is 1.20. The van der Waals surface area contributed by atoms with Crippen LogP contribution in [0.3, 0.4) is 0 Å². The molecule has 0 aliphatic carbocycles. The standard InChI is InChI=1S/C19H17ClFN7O3/c20-15-16(24-9-25-18(15)22-3-4-29)19(30)23-8-11-6-14(31-28-11)17-26-12-2-1-10(7-21)5-13(12)27-17/h1-2,5-6,9,29H,3-4,7-8H2,(H,23,30)(H,26,27)(H,22,24,25). The van der Waals surface area contributed by atoms with Crippen LogP contribution >= 0.6 is 11.6 Å². The Kier molecular flexibility index (Phi) is 6.05. The molecule has 31 heavy (non-hydrogen) atoms. The van der Waals surface area contributed by atoms with Crippen LogP contribution in [0.1, 0.15) is 21.7 Å². The lowest BCUT2D eigenvalue weighted by molar-refractivity contribution is 0.0945. The van der Waals surface area contributed by atoms with E-state index in [1.807, 2.05) is 0 Å². The normalized spacial score (nSPS) is 11.1. The molecule has 0 fully saturated rings. The van der Waals surface area contributed by atoms with Crippen molar-refractivity contribution in [3.05, 3.63) is 52.6 Å². The first-order valence-corrected chi connectivity index (χ1v) is 9.61. The summed E-state index contributed by atoms with van der Waals surface area (Å²) in [5.41, 5.74) is 2.34. The molecule has 1 aromatic carbocycles. The van der Waals surface area contributed by atoms with E-state index in [2.05, 4.69) is 35.7 Å². The van der Waals surface area contributed by atoms with Gasteiger partial charge in [-0.1, -0.05) is 22.8 Å². The lowest BCUT2D eigenvalue weighted by Gasteiger charge is -2.08. The van der Waals surface area contributed by atoms with E-state index in [1.165, 1.54) is 6.33 Å². The molecular formula is C19H17ClFN7O3. The highest BCUT2D eigenvalue weighted by atomic mass is 35.5. The number of aromatic amines is 1. The number of aliphatic hydroxyl groups is 1. The van der Waals surface area contributed by atoms with E-state index in [-0.39, 0.29) is 36.2 Å². The van der Waals surface area contributed by atoms with Crippen molar-refractivity contribution >= 4 is 34.4 Å². The zero-order chi connectivity index (χ0) is 21.8. The van der Waals surface area contributed by atoms with Gasteiger partial charge in [0, 0.05) is 12.6 Å². The molecule has 0 unspecified atom stereocenters. The van der Waals surface area contributed by atoms with Crippen LogP contribution in [-0.2, 0) is 13.2 Å². The molecule has 12 heteroatoms. The van der Waals surface area contributed by atoms with Gasteiger partial charge in [-0.15, -0.1) is 0 Å². The van der Waals surface area contributed by atoms with E-state index in [4.69, 9.17) is 21.2 Å². The Labute approximate surface area is 179 Å². The summed E-state index contributed by atoms with van der Waals surface area (Å²) in [4.78, 5) is 27.8. The number of carbonyl (C=O) groups is 1. The molecule has 4 N–H and O–H groups in total. The van der Waals surface area contributed by atoms with Gasteiger partial charge in [-0.2, -0.15) is 0 Å². The average Bonchev–Trinajstić information content (AvgIpc) is 3.43. The van der Waals surface area contributed by atoms with E-state index in [1.54, 1.807) is 24.3 Å². The second-order valence-corrected chi connectivity index (χ2v) is 6.85. The number of rotatable bonds is 8. The van der Waals surface area contributed by atoms with Crippen LogP contribution in [0.15, 0.2) is 35.1 Å². The van der Waals surface area contributed by atoms with Crippen molar-refractivity contribution in [2.75, 3.05) is 18.5 Å². The second kappa shape index (κ2) is 9.06. The number of nitrogens with one attached hydrogen (secondary N) is 3. The molecule has 0 saturated heterocycles. The van der Waals surface area contributed by atoms with Crippen molar-refractivity contribution in [3.8, 4) is 11.6 Å². The molecule has 160 valence electrons. The third-order valence-electron chi connectivity index (χ3n) is 4.33. The maximum absolute atomic E-state index is 12.8. The molecular weight excluding hydrogens is 429 g/mol. The maximum Gasteiger partial charge on any atom is 0.271 e. The lowest BCUT2D eigenvalue weighted by atomic mass is 10.2. The van der Waals surface area contributed by atoms with E-state index in [0.29, 0.717) is 33.9 Å². The van der Waals surface area contributed by atoms with Crippen molar-refractivity contribution in [3.63, 3.8) is 0 Å². The average molecular weight is 446 g/mol. The van der Waals surface area contributed by atoms with E-state index in [9.17, 15) is 9.18 Å². The fraction of sp³-hybridized carbons (Fsp3) is 0.211. The van der Waals surface area contributed by atoms with Crippen LogP contribution in [0.2, 0.25) is 5.02 Å². The van der Waals surface area contributed by atoms with Gasteiger partial charge in [0.25, 0.3) is 5.91 Å². The number of H-pyrrole nitrogens is 1. The van der Waals surface area contributed by atoms with Crippen molar-refractivity contribution < 1.29 is 18.8 Å². The van der Waals surface area contributed by atoms with E-state index < -0.39 is 12.6 Å². The Hall–Kier alpha value is -3.57. The van der Waals surface area contributed by atoms with Crippen LogP contribution in [0.4, 0.5) is 10.2 Å². The summed E-state index contributed by atoms with van der Waals surface area (Å²) in [7, 11) is 0. The van der Waals surface area contributed by atoms with Crippen molar-refractivity contribution in [2.45, 2.75) is 13.2 Å². The van der Waals surface area contributed by atoms with Gasteiger partial charge in [0.15, 0.2) is 11.5 Å². The highest BCUT2D eigenvalue weighted by molar-refractivity contribution is 6.35. The lowest BCUT2D eigenvalue weighted by Crippen LogP contribution is -2.25. The van der Waals surface area contributed by atoms with Crippen LogP contribution in [0.5, 0.6) is 0 Å². The molecule has 0 aliphatic heterocycles. The molecule has 10 nitrogen and oxygen atoms in total. The molecule has 0 atom stereocenters. The molecule has 1 amide bonds. The highest BCUT2D eigenvalue weighted by Crippen LogP contribution is 2.23.